The topological polar surface area (TPSA) is 30.5 Å². The van der Waals surface area contributed by atoms with Gasteiger partial charge < -0.3 is 14.8 Å². The quantitative estimate of drug-likeness (QED) is 0.539. The van der Waals surface area contributed by atoms with Crippen molar-refractivity contribution in [3.63, 3.8) is 0 Å². The molecule has 1 aliphatic heterocycles. The average molecular weight is 460 g/mol. The maximum atomic E-state index is 5.42. The molecule has 2 aromatic carbocycles. The molecule has 0 aliphatic carbocycles. The Morgan fingerprint density at radius 2 is 1.86 bits per heavy atom. The van der Waals surface area contributed by atoms with Crippen molar-refractivity contribution in [3.05, 3.63) is 55.6 Å². The Morgan fingerprint density at radius 3 is 2.67 bits per heavy atom. The van der Waals surface area contributed by atoms with Crippen molar-refractivity contribution in [3.8, 4) is 11.5 Å². The van der Waals surface area contributed by atoms with Gasteiger partial charge >= 0.3 is 0 Å². The van der Waals surface area contributed by atoms with E-state index >= 15 is 0 Å². The lowest BCUT2D eigenvalue weighted by Gasteiger charge is -2.09. The second-order valence-corrected chi connectivity index (χ2v) is 6.83. The van der Waals surface area contributed by atoms with E-state index in [0.29, 0.717) is 6.79 Å². The highest BCUT2D eigenvalue weighted by molar-refractivity contribution is 14.1. The summed E-state index contributed by atoms with van der Waals surface area (Å²) in [4.78, 5) is 0. The van der Waals surface area contributed by atoms with Crippen LogP contribution in [0.1, 0.15) is 11.1 Å². The summed E-state index contributed by atoms with van der Waals surface area (Å²) >= 11 is 5.96. The zero-order valence-electron chi connectivity index (χ0n) is 11.4. The second kappa shape index (κ2) is 6.98. The van der Waals surface area contributed by atoms with Gasteiger partial charge in [-0.25, -0.2) is 0 Å². The molecule has 1 heterocycles. The van der Waals surface area contributed by atoms with Gasteiger partial charge in [0.15, 0.2) is 11.5 Å². The molecule has 110 valence electrons. The van der Waals surface area contributed by atoms with Crippen LogP contribution in [-0.4, -0.2) is 13.3 Å². The SMILES string of the molecule is Brc1cc2c(cc1CCNCc1ccccc1I)OCO2. The Balaban J connectivity index is 1.55. The molecule has 0 aromatic heterocycles. The van der Waals surface area contributed by atoms with Gasteiger partial charge in [-0.1, -0.05) is 34.1 Å². The summed E-state index contributed by atoms with van der Waals surface area (Å²) in [7, 11) is 0. The van der Waals surface area contributed by atoms with Crippen LogP contribution in [0.2, 0.25) is 0 Å². The minimum absolute atomic E-state index is 0.315. The number of fused-ring (bicyclic) bond motifs is 1. The number of nitrogens with one attached hydrogen (secondary N) is 1. The molecule has 0 unspecified atom stereocenters. The predicted molar refractivity (Wildman–Crippen MR) is 94.8 cm³/mol. The fourth-order valence-electron chi connectivity index (χ4n) is 2.24. The van der Waals surface area contributed by atoms with Crippen LogP contribution in [0, 0.1) is 3.57 Å². The lowest BCUT2D eigenvalue weighted by molar-refractivity contribution is 0.174. The molecule has 0 fully saturated rings. The smallest absolute Gasteiger partial charge is 0.231 e. The summed E-state index contributed by atoms with van der Waals surface area (Å²) in [5, 5.41) is 3.49. The van der Waals surface area contributed by atoms with Crippen LogP contribution in [0.3, 0.4) is 0 Å². The molecule has 0 saturated heterocycles. The van der Waals surface area contributed by atoms with Gasteiger partial charge in [0.05, 0.1) is 0 Å². The van der Waals surface area contributed by atoms with Crippen molar-refractivity contribution in [1.29, 1.82) is 0 Å². The number of hydrogen-bond donors (Lipinski definition) is 1. The Labute approximate surface area is 146 Å². The lowest BCUT2D eigenvalue weighted by atomic mass is 10.1. The zero-order chi connectivity index (χ0) is 14.7. The summed E-state index contributed by atoms with van der Waals surface area (Å²) in [6.45, 7) is 2.13. The molecule has 0 atom stereocenters. The molecule has 5 heteroatoms. The molecule has 3 rings (SSSR count). The maximum absolute atomic E-state index is 5.42. The van der Waals surface area contributed by atoms with E-state index in [2.05, 4.69) is 74.2 Å². The van der Waals surface area contributed by atoms with Gasteiger partial charge in [-0.15, -0.1) is 0 Å². The van der Waals surface area contributed by atoms with Gasteiger partial charge in [0.25, 0.3) is 0 Å². The molecular formula is C16H15BrINO2. The number of benzene rings is 2. The summed E-state index contributed by atoms with van der Waals surface area (Å²) in [6.07, 6.45) is 0.945. The summed E-state index contributed by atoms with van der Waals surface area (Å²) in [6, 6.07) is 12.5. The van der Waals surface area contributed by atoms with Crippen LogP contribution in [0.15, 0.2) is 40.9 Å². The van der Waals surface area contributed by atoms with Crippen LogP contribution >= 0.6 is 38.5 Å². The molecule has 1 N–H and O–H groups in total. The summed E-state index contributed by atoms with van der Waals surface area (Å²) < 4.78 is 13.2. The van der Waals surface area contributed by atoms with Crippen molar-refractivity contribution in [2.75, 3.05) is 13.3 Å². The van der Waals surface area contributed by atoms with E-state index in [1.165, 1.54) is 14.7 Å². The summed E-state index contributed by atoms with van der Waals surface area (Å²) in [5.41, 5.74) is 2.57. The van der Waals surface area contributed by atoms with Crippen molar-refractivity contribution >= 4 is 38.5 Å². The number of halogens is 2. The van der Waals surface area contributed by atoms with Crippen LogP contribution in [-0.2, 0) is 13.0 Å². The average Bonchev–Trinajstić information content (AvgIpc) is 2.92. The summed E-state index contributed by atoms with van der Waals surface area (Å²) in [5.74, 6) is 1.66. The molecule has 0 amide bonds. The van der Waals surface area contributed by atoms with Crippen LogP contribution in [0.5, 0.6) is 11.5 Å². The Kier molecular flexibility index (Phi) is 5.03. The largest absolute Gasteiger partial charge is 0.454 e. The van der Waals surface area contributed by atoms with Crippen molar-refractivity contribution in [2.24, 2.45) is 0 Å². The van der Waals surface area contributed by atoms with E-state index in [-0.39, 0.29) is 0 Å². The van der Waals surface area contributed by atoms with Crippen LogP contribution < -0.4 is 14.8 Å². The first-order valence-electron chi connectivity index (χ1n) is 6.76. The predicted octanol–water partition coefficient (Wildman–Crippen LogP) is 4.11. The van der Waals surface area contributed by atoms with Gasteiger partial charge in [-0.05, 0) is 64.9 Å². The first-order chi connectivity index (χ1) is 10.2. The van der Waals surface area contributed by atoms with E-state index in [1.54, 1.807) is 0 Å². The molecule has 21 heavy (non-hydrogen) atoms. The van der Waals surface area contributed by atoms with Crippen LogP contribution in [0.4, 0.5) is 0 Å². The minimum Gasteiger partial charge on any atom is -0.454 e. The standard InChI is InChI=1S/C16H15BrINO2/c17-13-8-16-15(20-10-21-16)7-11(13)5-6-19-9-12-3-1-2-4-14(12)18/h1-4,7-8,19H,5-6,9-10H2. The molecule has 2 aromatic rings. The first-order valence-corrected chi connectivity index (χ1v) is 8.63. The molecule has 3 nitrogen and oxygen atoms in total. The van der Waals surface area contributed by atoms with E-state index in [1.807, 2.05) is 6.07 Å². The van der Waals surface area contributed by atoms with E-state index in [0.717, 1.165) is 35.5 Å². The van der Waals surface area contributed by atoms with Gasteiger partial charge in [0, 0.05) is 14.6 Å². The van der Waals surface area contributed by atoms with Gasteiger partial charge in [0.1, 0.15) is 0 Å². The molecule has 1 aliphatic rings. The minimum atomic E-state index is 0.315. The lowest BCUT2D eigenvalue weighted by Crippen LogP contribution is -2.17. The van der Waals surface area contributed by atoms with Gasteiger partial charge in [0.2, 0.25) is 6.79 Å². The fraction of sp³-hybridized carbons (Fsp3) is 0.250. The third kappa shape index (κ3) is 3.70. The van der Waals surface area contributed by atoms with Crippen molar-refractivity contribution < 1.29 is 9.47 Å². The number of ether oxygens (including phenoxy) is 2. The number of rotatable bonds is 5. The van der Waals surface area contributed by atoms with Crippen LogP contribution in [0.25, 0.3) is 0 Å². The maximum Gasteiger partial charge on any atom is 0.231 e. The molecular weight excluding hydrogens is 445 g/mol. The highest BCUT2D eigenvalue weighted by Crippen LogP contribution is 2.36. The van der Waals surface area contributed by atoms with E-state index < -0.39 is 0 Å². The third-order valence-electron chi connectivity index (χ3n) is 3.39. The third-order valence-corrected chi connectivity index (χ3v) is 5.18. The van der Waals surface area contributed by atoms with Crippen molar-refractivity contribution in [1.82, 2.24) is 5.32 Å². The molecule has 0 radical (unpaired) electrons. The molecule has 0 spiro atoms. The molecule has 0 saturated carbocycles. The Hall–Kier alpha value is -0.790. The highest BCUT2D eigenvalue weighted by atomic mass is 127. The number of hydrogen-bond acceptors (Lipinski definition) is 3. The van der Waals surface area contributed by atoms with Gasteiger partial charge in [-0.3, -0.25) is 0 Å². The Morgan fingerprint density at radius 1 is 1.10 bits per heavy atom. The molecule has 0 bridgehead atoms. The Bertz CT molecular complexity index is 648. The second-order valence-electron chi connectivity index (χ2n) is 4.82. The highest BCUT2D eigenvalue weighted by Gasteiger charge is 2.15. The van der Waals surface area contributed by atoms with Gasteiger partial charge in [-0.2, -0.15) is 0 Å². The van der Waals surface area contributed by atoms with E-state index in [9.17, 15) is 0 Å². The monoisotopic (exact) mass is 459 g/mol. The first kappa shape index (κ1) is 15.1. The normalized spacial score (nSPS) is 12.7. The van der Waals surface area contributed by atoms with E-state index in [4.69, 9.17) is 9.47 Å². The fourth-order valence-corrected chi connectivity index (χ4v) is 3.34. The zero-order valence-corrected chi connectivity index (χ0v) is 15.1. The van der Waals surface area contributed by atoms with Crippen molar-refractivity contribution in [2.45, 2.75) is 13.0 Å².